The van der Waals surface area contributed by atoms with Gasteiger partial charge in [-0.25, -0.2) is 0 Å². The Morgan fingerprint density at radius 1 is 1.56 bits per heavy atom. The van der Waals surface area contributed by atoms with E-state index in [9.17, 15) is 0 Å². The first-order valence-corrected chi connectivity index (χ1v) is 6.20. The summed E-state index contributed by atoms with van der Waals surface area (Å²) < 4.78 is 5.31. The van der Waals surface area contributed by atoms with Crippen LogP contribution in [0.15, 0.2) is 42.2 Å². The third-order valence-corrected chi connectivity index (χ3v) is 2.73. The van der Waals surface area contributed by atoms with Crippen molar-refractivity contribution < 1.29 is 4.74 Å². The molecular formula is C14H19ClN2O. The number of allylic oxidation sites excluding steroid dienone is 1. The summed E-state index contributed by atoms with van der Waals surface area (Å²) in [7, 11) is 1.61. The Hall–Kier alpha value is -1.61. The number of anilines is 2. The van der Waals surface area contributed by atoms with Crippen molar-refractivity contribution in [2.45, 2.75) is 19.8 Å². The summed E-state index contributed by atoms with van der Waals surface area (Å²) in [4.78, 5) is 1.83. The third kappa shape index (κ3) is 3.70. The number of nitrogen functional groups attached to an aromatic ring is 1. The lowest BCUT2D eigenvalue weighted by molar-refractivity contribution is 0.416. The van der Waals surface area contributed by atoms with Gasteiger partial charge in [0.25, 0.3) is 0 Å². The van der Waals surface area contributed by atoms with E-state index < -0.39 is 0 Å². The molecule has 18 heavy (non-hydrogen) atoms. The smallest absolute Gasteiger partial charge is 0.144 e. The molecule has 1 aromatic carbocycles. The van der Waals surface area contributed by atoms with Crippen molar-refractivity contribution in [2.24, 2.45) is 0 Å². The lowest BCUT2D eigenvalue weighted by atomic mass is 10.2. The van der Waals surface area contributed by atoms with Crippen molar-refractivity contribution in [3.05, 3.63) is 42.2 Å². The van der Waals surface area contributed by atoms with Crippen LogP contribution in [0.5, 0.6) is 5.75 Å². The van der Waals surface area contributed by atoms with Gasteiger partial charge in [-0.05, 0) is 18.6 Å². The van der Waals surface area contributed by atoms with Crippen LogP contribution >= 0.6 is 11.6 Å². The molecule has 0 saturated heterocycles. The van der Waals surface area contributed by atoms with Crippen LogP contribution in [-0.2, 0) is 0 Å². The number of nitrogens with two attached hydrogens (primary N) is 1. The number of methoxy groups -OCH3 is 1. The summed E-state index contributed by atoms with van der Waals surface area (Å²) in [6.45, 7) is 5.87. The molecular weight excluding hydrogens is 248 g/mol. The van der Waals surface area contributed by atoms with E-state index in [-0.39, 0.29) is 0 Å². The van der Waals surface area contributed by atoms with Gasteiger partial charge in [-0.2, -0.15) is 0 Å². The van der Waals surface area contributed by atoms with Gasteiger partial charge in [0.2, 0.25) is 0 Å². The number of halogens is 1. The fraction of sp³-hybridized carbons (Fsp3) is 0.286. The van der Waals surface area contributed by atoms with Crippen LogP contribution in [-0.4, -0.2) is 7.11 Å². The molecule has 0 heterocycles. The Labute approximate surface area is 113 Å². The highest BCUT2D eigenvalue weighted by atomic mass is 35.5. The van der Waals surface area contributed by atoms with Gasteiger partial charge >= 0.3 is 0 Å². The van der Waals surface area contributed by atoms with Gasteiger partial charge < -0.3 is 15.4 Å². The van der Waals surface area contributed by atoms with Gasteiger partial charge in [0, 0.05) is 29.2 Å². The lowest BCUT2D eigenvalue weighted by Gasteiger charge is -2.19. The summed E-state index contributed by atoms with van der Waals surface area (Å²) in [5.74, 6) is 0.687. The zero-order valence-electron chi connectivity index (χ0n) is 10.8. The molecule has 0 atom stereocenters. The Kier molecular flexibility index (Phi) is 5.59. The predicted molar refractivity (Wildman–Crippen MR) is 78.9 cm³/mol. The molecule has 1 rings (SSSR count). The summed E-state index contributed by atoms with van der Waals surface area (Å²) >= 11 is 6.14. The molecule has 0 saturated carbocycles. The Morgan fingerprint density at radius 2 is 2.28 bits per heavy atom. The number of nitrogens with zero attached hydrogens (tertiary/aromatic N) is 1. The van der Waals surface area contributed by atoms with Crippen LogP contribution in [0.4, 0.5) is 11.4 Å². The molecule has 3 nitrogen and oxygen atoms in total. The van der Waals surface area contributed by atoms with Gasteiger partial charge in [-0.1, -0.05) is 31.5 Å². The van der Waals surface area contributed by atoms with E-state index in [1.807, 2.05) is 23.2 Å². The number of hydrogen-bond donors (Lipinski definition) is 1. The minimum Gasteiger partial charge on any atom is -0.494 e. The molecule has 0 aromatic heterocycles. The highest BCUT2D eigenvalue weighted by Gasteiger charge is 2.08. The maximum absolute atomic E-state index is 6.14. The van der Waals surface area contributed by atoms with Crippen molar-refractivity contribution >= 4 is 23.0 Å². The second kappa shape index (κ2) is 6.97. The molecule has 0 amide bonds. The van der Waals surface area contributed by atoms with Crippen LogP contribution in [0.25, 0.3) is 0 Å². The monoisotopic (exact) mass is 266 g/mol. The van der Waals surface area contributed by atoms with Crippen molar-refractivity contribution in [3.63, 3.8) is 0 Å². The van der Waals surface area contributed by atoms with E-state index >= 15 is 0 Å². The molecule has 1 aromatic rings. The van der Waals surface area contributed by atoms with Gasteiger partial charge in [0.05, 0.1) is 12.8 Å². The zero-order chi connectivity index (χ0) is 13.5. The van der Waals surface area contributed by atoms with E-state index in [0.29, 0.717) is 11.4 Å². The molecule has 0 bridgehead atoms. The quantitative estimate of drug-likeness (QED) is 0.788. The number of rotatable bonds is 6. The van der Waals surface area contributed by atoms with E-state index in [2.05, 4.69) is 13.5 Å². The van der Waals surface area contributed by atoms with Crippen molar-refractivity contribution in [2.75, 3.05) is 17.7 Å². The van der Waals surface area contributed by atoms with Crippen molar-refractivity contribution in [1.82, 2.24) is 0 Å². The molecule has 0 unspecified atom stereocenters. The number of hydrogen-bond acceptors (Lipinski definition) is 3. The second-order valence-electron chi connectivity index (χ2n) is 3.85. The van der Waals surface area contributed by atoms with Gasteiger partial charge in [0.1, 0.15) is 5.75 Å². The summed E-state index contributed by atoms with van der Waals surface area (Å²) in [6, 6.07) is 5.46. The standard InChI is InChI=1S/C14H19ClN2O/c1-4-6-11(15)10-17(5-2)13-8-7-12(16)9-14(13)18-3/h5,7-10H,2,4,6,16H2,1,3H3/b11-10+. The van der Waals surface area contributed by atoms with Crippen LogP contribution in [0.2, 0.25) is 0 Å². The molecule has 4 heteroatoms. The number of benzene rings is 1. The maximum Gasteiger partial charge on any atom is 0.144 e. The van der Waals surface area contributed by atoms with Gasteiger partial charge in [-0.15, -0.1) is 0 Å². The van der Waals surface area contributed by atoms with Crippen LogP contribution < -0.4 is 15.4 Å². The first-order valence-electron chi connectivity index (χ1n) is 5.83. The molecule has 2 N–H and O–H groups in total. The van der Waals surface area contributed by atoms with E-state index in [4.69, 9.17) is 22.1 Å². The molecule has 0 aliphatic carbocycles. The normalized spacial score (nSPS) is 11.2. The molecule has 0 radical (unpaired) electrons. The first-order chi connectivity index (χ1) is 8.62. The average Bonchev–Trinajstić information content (AvgIpc) is 2.36. The van der Waals surface area contributed by atoms with Crippen LogP contribution in [0, 0.1) is 0 Å². The van der Waals surface area contributed by atoms with Gasteiger partial charge in [0.15, 0.2) is 0 Å². The lowest BCUT2D eigenvalue weighted by Crippen LogP contribution is -2.09. The minimum absolute atomic E-state index is 0.656. The van der Waals surface area contributed by atoms with Gasteiger partial charge in [-0.3, -0.25) is 0 Å². The number of ether oxygens (including phenoxy) is 1. The van der Waals surface area contributed by atoms with E-state index in [0.717, 1.165) is 23.6 Å². The van der Waals surface area contributed by atoms with E-state index in [1.54, 1.807) is 19.4 Å². The Balaban J connectivity index is 3.09. The maximum atomic E-state index is 6.14. The zero-order valence-corrected chi connectivity index (χ0v) is 11.6. The highest BCUT2D eigenvalue weighted by Crippen LogP contribution is 2.31. The second-order valence-corrected chi connectivity index (χ2v) is 4.33. The minimum atomic E-state index is 0.656. The fourth-order valence-electron chi connectivity index (χ4n) is 1.58. The first kappa shape index (κ1) is 14.5. The topological polar surface area (TPSA) is 38.5 Å². The van der Waals surface area contributed by atoms with Crippen molar-refractivity contribution in [3.8, 4) is 5.75 Å². The average molecular weight is 267 g/mol. The van der Waals surface area contributed by atoms with Crippen LogP contribution in [0.3, 0.4) is 0 Å². The molecule has 0 aliphatic rings. The Morgan fingerprint density at radius 3 is 2.83 bits per heavy atom. The molecule has 0 aliphatic heterocycles. The predicted octanol–water partition coefficient (Wildman–Crippen LogP) is 4.11. The third-order valence-electron chi connectivity index (χ3n) is 2.45. The largest absolute Gasteiger partial charge is 0.494 e. The highest BCUT2D eigenvalue weighted by molar-refractivity contribution is 6.29. The molecule has 0 spiro atoms. The Bertz CT molecular complexity index is 443. The summed E-state index contributed by atoms with van der Waals surface area (Å²) in [5.41, 5.74) is 7.24. The van der Waals surface area contributed by atoms with E-state index in [1.165, 1.54) is 0 Å². The van der Waals surface area contributed by atoms with Crippen molar-refractivity contribution in [1.29, 1.82) is 0 Å². The summed E-state index contributed by atoms with van der Waals surface area (Å²) in [6.07, 6.45) is 5.36. The molecule has 0 fully saturated rings. The summed E-state index contributed by atoms with van der Waals surface area (Å²) in [5, 5.41) is 0.774. The SMILES string of the molecule is C=CN(/C=C(/Cl)CCC)c1ccc(N)cc1OC. The molecule has 98 valence electrons. The fourth-order valence-corrected chi connectivity index (χ4v) is 1.88. The van der Waals surface area contributed by atoms with Crippen LogP contribution in [0.1, 0.15) is 19.8 Å².